The molecular formula is C21H23F3N4O2. The third kappa shape index (κ3) is 6.03. The van der Waals surface area contributed by atoms with E-state index in [0.717, 1.165) is 31.0 Å². The number of alkyl halides is 3. The summed E-state index contributed by atoms with van der Waals surface area (Å²) < 4.78 is 44.7. The Bertz CT molecular complexity index is 850. The van der Waals surface area contributed by atoms with Crippen molar-refractivity contribution in [2.45, 2.75) is 25.1 Å². The van der Waals surface area contributed by atoms with Crippen molar-refractivity contribution in [2.75, 3.05) is 19.7 Å². The van der Waals surface area contributed by atoms with E-state index in [2.05, 4.69) is 27.2 Å². The highest BCUT2D eigenvalue weighted by Crippen LogP contribution is 2.33. The molecule has 1 aliphatic rings. The number of ether oxygens (including phenoxy) is 1. The maximum Gasteiger partial charge on any atom is 0.435 e. The predicted molar refractivity (Wildman–Crippen MR) is 106 cm³/mol. The van der Waals surface area contributed by atoms with Crippen molar-refractivity contribution in [1.29, 1.82) is 0 Å². The number of halogens is 3. The van der Waals surface area contributed by atoms with Gasteiger partial charge >= 0.3 is 6.18 Å². The van der Waals surface area contributed by atoms with Gasteiger partial charge < -0.3 is 14.9 Å². The van der Waals surface area contributed by atoms with Crippen LogP contribution in [0.15, 0.2) is 54.2 Å². The van der Waals surface area contributed by atoms with Crippen LogP contribution in [0.5, 0.6) is 5.75 Å². The summed E-state index contributed by atoms with van der Waals surface area (Å²) in [6.07, 6.45) is -0.105. The highest BCUT2D eigenvalue weighted by Gasteiger charge is 2.34. The number of nitrogens with zero attached hydrogens (tertiary/aromatic N) is 3. The molecule has 160 valence electrons. The maximum atomic E-state index is 12.8. The summed E-state index contributed by atoms with van der Waals surface area (Å²) >= 11 is 0. The number of oxime groups is 1. The Morgan fingerprint density at radius 1 is 1.27 bits per heavy atom. The molecule has 2 heterocycles. The highest BCUT2D eigenvalue weighted by molar-refractivity contribution is 5.79. The van der Waals surface area contributed by atoms with E-state index >= 15 is 0 Å². The lowest BCUT2D eigenvalue weighted by molar-refractivity contribution is -0.141. The molecule has 0 bridgehead atoms. The zero-order valence-corrected chi connectivity index (χ0v) is 16.3. The molecule has 1 N–H and O–H groups in total. The van der Waals surface area contributed by atoms with Crippen LogP contribution in [0.1, 0.15) is 35.9 Å². The standard InChI is InChI=1S/C21H23F3N4O2/c1-2-11-29-26-13-15-5-3-7-17(12-15)30-20(16-6-4-10-25-14-16)18-8-9-19(28-27-18)21(22,23)24/h2-3,5,7-9,12-13,16,20,25H,1,4,6,10-11,14H2. The van der Waals surface area contributed by atoms with Crippen molar-refractivity contribution in [3.63, 3.8) is 0 Å². The van der Waals surface area contributed by atoms with E-state index in [1.807, 2.05) is 6.07 Å². The van der Waals surface area contributed by atoms with Gasteiger partial charge in [-0.15, -0.1) is 5.10 Å². The molecule has 2 atom stereocenters. The van der Waals surface area contributed by atoms with Crippen LogP contribution in [0.25, 0.3) is 0 Å². The molecule has 0 amide bonds. The van der Waals surface area contributed by atoms with Crippen LogP contribution in [0.2, 0.25) is 0 Å². The second-order valence-corrected chi connectivity index (χ2v) is 6.88. The molecule has 0 aliphatic carbocycles. The summed E-state index contributed by atoms with van der Waals surface area (Å²) in [5, 5.41) is 14.3. The number of piperidine rings is 1. The molecule has 1 saturated heterocycles. The van der Waals surface area contributed by atoms with Gasteiger partial charge in [-0.2, -0.15) is 18.3 Å². The minimum atomic E-state index is -4.53. The van der Waals surface area contributed by atoms with E-state index in [4.69, 9.17) is 9.57 Å². The van der Waals surface area contributed by atoms with Gasteiger partial charge in [0.2, 0.25) is 0 Å². The number of benzene rings is 1. The lowest BCUT2D eigenvalue weighted by Gasteiger charge is -2.30. The summed E-state index contributed by atoms with van der Waals surface area (Å²) in [6.45, 7) is 5.43. The van der Waals surface area contributed by atoms with E-state index in [1.54, 1.807) is 30.5 Å². The van der Waals surface area contributed by atoms with Crippen molar-refractivity contribution in [3.05, 3.63) is 66.0 Å². The molecular weight excluding hydrogens is 397 g/mol. The smallest absolute Gasteiger partial charge is 0.435 e. The summed E-state index contributed by atoms with van der Waals surface area (Å²) in [5.74, 6) is 0.609. The van der Waals surface area contributed by atoms with E-state index in [1.165, 1.54) is 6.07 Å². The number of hydrogen-bond acceptors (Lipinski definition) is 6. The number of rotatable bonds is 8. The van der Waals surface area contributed by atoms with E-state index in [-0.39, 0.29) is 5.92 Å². The summed E-state index contributed by atoms with van der Waals surface area (Å²) in [7, 11) is 0. The summed E-state index contributed by atoms with van der Waals surface area (Å²) in [4.78, 5) is 5.00. The molecule has 2 aromatic rings. The van der Waals surface area contributed by atoms with Crippen LogP contribution in [0, 0.1) is 5.92 Å². The Kier molecular flexibility index (Phi) is 7.40. The molecule has 1 aromatic heterocycles. The minimum absolute atomic E-state index is 0.0537. The first kappa shape index (κ1) is 21.8. The van der Waals surface area contributed by atoms with Gasteiger partial charge in [-0.25, -0.2) is 0 Å². The predicted octanol–water partition coefficient (Wildman–Crippen LogP) is 4.15. The summed E-state index contributed by atoms with van der Waals surface area (Å²) in [5.41, 5.74) is 0.102. The van der Waals surface area contributed by atoms with Gasteiger partial charge in [-0.05, 0) is 49.2 Å². The molecule has 0 saturated carbocycles. The number of aromatic nitrogens is 2. The van der Waals surface area contributed by atoms with Gasteiger partial charge in [-0.1, -0.05) is 29.9 Å². The van der Waals surface area contributed by atoms with Crippen LogP contribution >= 0.6 is 0 Å². The maximum absolute atomic E-state index is 12.8. The fourth-order valence-corrected chi connectivity index (χ4v) is 3.19. The van der Waals surface area contributed by atoms with Gasteiger partial charge in [0.15, 0.2) is 5.69 Å². The average molecular weight is 420 g/mol. The minimum Gasteiger partial charge on any atom is -0.484 e. The Balaban J connectivity index is 1.81. The molecule has 6 nitrogen and oxygen atoms in total. The Hall–Kier alpha value is -2.94. The third-order valence-electron chi connectivity index (χ3n) is 4.62. The topological polar surface area (TPSA) is 68.6 Å². The van der Waals surface area contributed by atoms with Crippen molar-refractivity contribution in [1.82, 2.24) is 15.5 Å². The van der Waals surface area contributed by atoms with Crippen LogP contribution in [0.3, 0.4) is 0 Å². The summed E-state index contributed by atoms with van der Waals surface area (Å²) in [6, 6.07) is 9.48. The lowest BCUT2D eigenvalue weighted by atomic mass is 9.91. The van der Waals surface area contributed by atoms with Crippen molar-refractivity contribution in [3.8, 4) is 5.75 Å². The largest absolute Gasteiger partial charge is 0.484 e. The molecule has 0 radical (unpaired) electrons. The second kappa shape index (κ2) is 10.2. The molecule has 2 unspecified atom stereocenters. The van der Waals surface area contributed by atoms with E-state index < -0.39 is 18.0 Å². The highest BCUT2D eigenvalue weighted by atomic mass is 19.4. The van der Waals surface area contributed by atoms with Gasteiger partial charge in [0.05, 0.1) is 6.21 Å². The van der Waals surface area contributed by atoms with Gasteiger partial charge in [0, 0.05) is 12.5 Å². The average Bonchev–Trinajstić information content (AvgIpc) is 2.75. The first-order chi connectivity index (χ1) is 14.5. The van der Waals surface area contributed by atoms with Crippen molar-refractivity contribution in [2.24, 2.45) is 11.1 Å². The van der Waals surface area contributed by atoms with Crippen molar-refractivity contribution < 1.29 is 22.7 Å². The van der Waals surface area contributed by atoms with Gasteiger partial charge in [0.25, 0.3) is 0 Å². The molecule has 9 heteroatoms. The molecule has 1 fully saturated rings. The zero-order valence-electron chi connectivity index (χ0n) is 16.3. The first-order valence-electron chi connectivity index (χ1n) is 9.62. The zero-order chi connectivity index (χ0) is 21.4. The fraction of sp³-hybridized carbons (Fsp3) is 0.381. The molecule has 3 rings (SSSR count). The van der Waals surface area contributed by atoms with Crippen LogP contribution in [-0.2, 0) is 11.0 Å². The van der Waals surface area contributed by atoms with Crippen LogP contribution in [0.4, 0.5) is 13.2 Å². The SMILES string of the molecule is C=CCON=Cc1cccc(OC(c2ccc(C(F)(F)F)nn2)C2CCCNC2)c1. The number of hydrogen-bond donors (Lipinski definition) is 1. The van der Waals surface area contributed by atoms with Gasteiger partial charge in [-0.3, -0.25) is 0 Å². The third-order valence-corrected chi connectivity index (χ3v) is 4.62. The Morgan fingerprint density at radius 2 is 2.13 bits per heavy atom. The van der Waals surface area contributed by atoms with E-state index in [9.17, 15) is 13.2 Å². The lowest BCUT2D eigenvalue weighted by Crippen LogP contribution is -2.35. The molecule has 0 spiro atoms. The quantitative estimate of drug-likeness (QED) is 0.301. The number of nitrogens with one attached hydrogen (secondary N) is 1. The molecule has 30 heavy (non-hydrogen) atoms. The Labute approximate surface area is 172 Å². The monoisotopic (exact) mass is 420 g/mol. The van der Waals surface area contributed by atoms with Gasteiger partial charge in [0.1, 0.15) is 24.2 Å². The van der Waals surface area contributed by atoms with Crippen LogP contribution < -0.4 is 10.1 Å². The van der Waals surface area contributed by atoms with Crippen molar-refractivity contribution >= 4 is 6.21 Å². The first-order valence-corrected chi connectivity index (χ1v) is 9.62. The normalized spacial score (nSPS) is 18.2. The molecule has 1 aliphatic heterocycles. The van der Waals surface area contributed by atoms with Crippen LogP contribution in [-0.4, -0.2) is 36.1 Å². The fourth-order valence-electron chi connectivity index (χ4n) is 3.19. The Morgan fingerprint density at radius 3 is 2.80 bits per heavy atom. The second-order valence-electron chi connectivity index (χ2n) is 6.88. The molecule has 1 aromatic carbocycles. The van der Waals surface area contributed by atoms with E-state index in [0.29, 0.717) is 24.6 Å².